The number of benzene rings is 1. The van der Waals surface area contributed by atoms with Crippen LogP contribution in [0, 0.1) is 17.7 Å². The van der Waals surface area contributed by atoms with E-state index in [4.69, 9.17) is 4.74 Å². The summed E-state index contributed by atoms with van der Waals surface area (Å²) in [6.07, 6.45) is 7.48. The highest BCUT2D eigenvalue weighted by Crippen LogP contribution is 2.58. The summed E-state index contributed by atoms with van der Waals surface area (Å²) in [6, 6.07) is 9.50. The van der Waals surface area contributed by atoms with Crippen LogP contribution in [0.1, 0.15) is 36.8 Å². The molecule has 1 aromatic heterocycles. The number of piperazine rings is 1. The van der Waals surface area contributed by atoms with Crippen LogP contribution in [0.2, 0.25) is 0 Å². The molecule has 6 rings (SSSR count). The Kier molecular flexibility index (Phi) is 4.13. The van der Waals surface area contributed by atoms with Crippen molar-refractivity contribution in [1.29, 1.82) is 0 Å². The molecular weight excluding hydrogens is 367 g/mol. The van der Waals surface area contributed by atoms with Crippen molar-refractivity contribution in [2.24, 2.45) is 11.8 Å². The molecule has 0 bridgehead atoms. The lowest BCUT2D eigenvalue weighted by Gasteiger charge is -2.38. The Morgan fingerprint density at radius 3 is 2.38 bits per heavy atom. The average Bonchev–Trinajstić information content (AvgIpc) is 3.41. The van der Waals surface area contributed by atoms with E-state index < -0.39 is 0 Å². The van der Waals surface area contributed by atoms with Crippen molar-refractivity contribution in [2.45, 2.75) is 43.9 Å². The number of nitrogens with zero attached hydrogens (tertiary/aromatic N) is 4. The fraction of sp³-hybridized carbons (Fsp3) is 0.565. The fourth-order valence-corrected chi connectivity index (χ4v) is 6.39. The lowest BCUT2D eigenvalue weighted by molar-refractivity contribution is -0.0404. The van der Waals surface area contributed by atoms with Crippen molar-refractivity contribution in [3.8, 4) is 0 Å². The molecule has 3 fully saturated rings. The summed E-state index contributed by atoms with van der Waals surface area (Å²) in [5, 5.41) is 0. The predicted octanol–water partition coefficient (Wildman–Crippen LogP) is 3.35. The zero-order valence-electron chi connectivity index (χ0n) is 16.6. The molecule has 2 aliphatic carbocycles. The van der Waals surface area contributed by atoms with Crippen molar-refractivity contribution in [2.75, 3.05) is 31.1 Å². The zero-order valence-corrected chi connectivity index (χ0v) is 16.6. The molecule has 4 atom stereocenters. The van der Waals surface area contributed by atoms with Crippen LogP contribution < -0.4 is 4.90 Å². The summed E-state index contributed by atoms with van der Waals surface area (Å²) in [7, 11) is 0. The highest BCUT2D eigenvalue weighted by Gasteiger charge is 2.54. The monoisotopic (exact) mass is 394 g/mol. The van der Waals surface area contributed by atoms with E-state index in [9.17, 15) is 4.39 Å². The van der Waals surface area contributed by atoms with Crippen LogP contribution in [0.3, 0.4) is 0 Å². The first-order chi connectivity index (χ1) is 14.2. The standard InChI is InChI=1S/C23H27FN4O/c24-19-13-25-22(26-14-19)28-7-5-27(6-8-28)20-9-17-11-23(12-18(17)10-20)21-4-2-1-3-16(21)15-29-23/h1-4,13-14,17-18,20H,5-12,15H2/t17-,18+,20?,23?. The van der Waals surface area contributed by atoms with Crippen LogP contribution in [-0.4, -0.2) is 47.1 Å². The summed E-state index contributed by atoms with van der Waals surface area (Å²) in [6.45, 7) is 4.69. The molecule has 3 heterocycles. The summed E-state index contributed by atoms with van der Waals surface area (Å²) in [4.78, 5) is 13.1. The van der Waals surface area contributed by atoms with Gasteiger partial charge in [0.05, 0.1) is 24.6 Å². The molecule has 2 aromatic rings. The third-order valence-corrected chi connectivity index (χ3v) is 7.73. The van der Waals surface area contributed by atoms with Crippen molar-refractivity contribution < 1.29 is 9.13 Å². The van der Waals surface area contributed by atoms with E-state index in [0.717, 1.165) is 44.6 Å². The van der Waals surface area contributed by atoms with Gasteiger partial charge in [0.2, 0.25) is 5.95 Å². The van der Waals surface area contributed by atoms with Crippen LogP contribution >= 0.6 is 0 Å². The Bertz CT molecular complexity index is 882. The first-order valence-corrected chi connectivity index (χ1v) is 10.9. The zero-order chi connectivity index (χ0) is 19.4. The minimum atomic E-state index is -0.378. The molecule has 1 aromatic carbocycles. The number of hydrogen-bond acceptors (Lipinski definition) is 5. The molecule has 4 aliphatic rings. The maximum absolute atomic E-state index is 13.1. The number of hydrogen-bond donors (Lipinski definition) is 0. The molecule has 0 N–H and O–H groups in total. The Balaban J connectivity index is 1.08. The largest absolute Gasteiger partial charge is 0.366 e. The number of halogens is 1. The molecule has 2 aliphatic heterocycles. The molecule has 152 valence electrons. The molecule has 0 radical (unpaired) electrons. The summed E-state index contributed by atoms with van der Waals surface area (Å²) < 4.78 is 19.5. The Morgan fingerprint density at radius 1 is 0.966 bits per heavy atom. The topological polar surface area (TPSA) is 41.5 Å². The van der Waals surface area contributed by atoms with Gasteiger partial charge in [-0.15, -0.1) is 0 Å². The molecule has 1 spiro atoms. The van der Waals surface area contributed by atoms with Gasteiger partial charge in [-0.3, -0.25) is 4.90 Å². The minimum absolute atomic E-state index is 0.00445. The average molecular weight is 394 g/mol. The molecule has 1 saturated heterocycles. The van der Waals surface area contributed by atoms with E-state index in [0.29, 0.717) is 12.0 Å². The van der Waals surface area contributed by atoms with Gasteiger partial charge in [0, 0.05) is 32.2 Å². The Labute approximate surface area is 170 Å². The van der Waals surface area contributed by atoms with Crippen molar-refractivity contribution in [3.63, 3.8) is 0 Å². The maximum Gasteiger partial charge on any atom is 0.225 e. The van der Waals surface area contributed by atoms with E-state index in [-0.39, 0.29) is 11.4 Å². The second-order valence-electron chi connectivity index (χ2n) is 9.22. The number of anilines is 1. The molecule has 2 saturated carbocycles. The second kappa shape index (κ2) is 6.74. The number of ether oxygens (including phenoxy) is 1. The van der Waals surface area contributed by atoms with Crippen molar-refractivity contribution in [1.82, 2.24) is 14.9 Å². The quantitative estimate of drug-likeness (QED) is 0.781. The number of fused-ring (bicyclic) bond motifs is 3. The van der Waals surface area contributed by atoms with Crippen molar-refractivity contribution in [3.05, 3.63) is 53.6 Å². The number of aromatic nitrogens is 2. The molecule has 5 nitrogen and oxygen atoms in total. The van der Waals surface area contributed by atoms with Gasteiger partial charge in [-0.1, -0.05) is 24.3 Å². The first-order valence-electron chi connectivity index (χ1n) is 10.9. The SMILES string of the molecule is Fc1cnc(N2CCN(C3C[C@@H]4CC5(C[C@@H]4C3)OCc3ccccc35)CC2)nc1. The highest BCUT2D eigenvalue weighted by atomic mass is 19.1. The van der Waals surface area contributed by atoms with Crippen LogP contribution in [0.25, 0.3) is 0 Å². The van der Waals surface area contributed by atoms with Crippen LogP contribution in [0.5, 0.6) is 0 Å². The predicted molar refractivity (Wildman–Crippen MR) is 108 cm³/mol. The van der Waals surface area contributed by atoms with Crippen LogP contribution in [0.4, 0.5) is 10.3 Å². The third kappa shape index (κ3) is 2.96. The maximum atomic E-state index is 13.1. The van der Waals surface area contributed by atoms with Gasteiger partial charge in [-0.25, -0.2) is 14.4 Å². The van der Waals surface area contributed by atoms with E-state index in [2.05, 4.69) is 44.0 Å². The summed E-state index contributed by atoms with van der Waals surface area (Å²) >= 11 is 0. The smallest absolute Gasteiger partial charge is 0.225 e. The second-order valence-corrected chi connectivity index (χ2v) is 9.22. The summed E-state index contributed by atoms with van der Waals surface area (Å²) in [5.41, 5.74) is 2.84. The van der Waals surface area contributed by atoms with Gasteiger partial charge in [0.1, 0.15) is 0 Å². The van der Waals surface area contributed by atoms with Gasteiger partial charge in [-0.2, -0.15) is 0 Å². The molecule has 29 heavy (non-hydrogen) atoms. The van der Waals surface area contributed by atoms with Crippen LogP contribution in [-0.2, 0) is 16.9 Å². The Morgan fingerprint density at radius 2 is 1.66 bits per heavy atom. The lowest BCUT2D eigenvalue weighted by atomic mass is 9.88. The van der Waals surface area contributed by atoms with Crippen molar-refractivity contribution >= 4 is 5.95 Å². The third-order valence-electron chi connectivity index (χ3n) is 7.73. The van der Waals surface area contributed by atoms with Gasteiger partial charge < -0.3 is 9.64 Å². The van der Waals surface area contributed by atoms with Gasteiger partial charge in [0.15, 0.2) is 5.82 Å². The minimum Gasteiger partial charge on any atom is -0.366 e. The van der Waals surface area contributed by atoms with Gasteiger partial charge >= 0.3 is 0 Å². The molecule has 2 unspecified atom stereocenters. The van der Waals surface area contributed by atoms with E-state index >= 15 is 0 Å². The highest BCUT2D eigenvalue weighted by molar-refractivity contribution is 5.37. The normalized spacial score (nSPS) is 34.0. The van der Waals surface area contributed by atoms with Gasteiger partial charge in [-0.05, 0) is 48.6 Å². The molecule has 0 amide bonds. The Hall–Kier alpha value is -2.05. The van der Waals surface area contributed by atoms with Gasteiger partial charge in [0.25, 0.3) is 0 Å². The molecule has 6 heteroatoms. The molecular formula is C23H27FN4O. The van der Waals surface area contributed by atoms with Crippen LogP contribution in [0.15, 0.2) is 36.7 Å². The number of rotatable bonds is 2. The fourth-order valence-electron chi connectivity index (χ4n) is 6.39. The van der Waals surface area contributed by atoms with E-state index in [1.165, 1.54) is 49.2 Å². The lowest BCUT2D eigenvalue weighted by Crippen LogP contribution is -2.50. The summed E-state index contributed by atoms with van der Waals surface area (Å²) in [5.74, 6) is 1.83. The van der Waals surface area contributed by atoms with E-state index in [1.807, 2.05) is 0 Å². The van der Waals surface area contributed by atoms with E-state index in [1.54, 1.807) is 0 Å². The first kappa shape index (κ1) is 17.8.